The largest absolute Gasteiger partial charge is 0.480 e. The molecule has 4 N–H and O–H groups in total. The van der Waals surface area contributed by atoms with Gasteiger partial charge in [-0.05, 0) is 0 Å². The van der Waals surface area contributed by atoms with Gasteiger partial charge in [0.2, 0.25) is 6.08 Å². The second-order valence-corrected chi connectivity index (χ2v) is 0.700. The summed E-state index contributed by atoms with van der Waals surface area (Å²) in [6.45, 7) is -0.278. The summed E-state index contributed by atoms with van der Waals surface area (Å²) in [7, 11) is 0. The molecule has 46 valence electrons. The van der Waals surface area contributed by atoms with Crippen LogP contribution >= 0.6 is 0 Å². The molecule has 0 spiro atoms. The molecule has 5 heteroatoms. The minimum absolute atomic E-state index is 0.278. The van der Waals surface area contributed by atoms with Gasteiger partial charge < -0.3 is 10.8 Å². The van der Waals surface area contributed by atoms with Crippen molar-refractivity contribution in [3.8, 4) is 0 Å². The number of isocyanates is 1. The van der Waals surface area contributed by atoms with E-state index in [0.29, 0.717) is 0 Å². The van der Waals surface area contributed by atoms with Crippen LogP contribution in [0.5, 0.6) is 0 Å². The van der Waals surface area contributed by atoms with Gasteiger partial charge in [-0.2, -0.15) is 0 Å². The monoisotopic (exact) mass is 118 g/mol. The first-order valence-electron chi connectivity index (χ1n) is 1.64. The van der Waals surface area contributed by atoms with E-state index < -0.39 is 5.97 Å². The molecule has 0 saturated heterocycles. The third-order valence-corrected chi connectivity index (χ3v) is 0.175. The van der Waals surface area contributed by atoms with Crippen LogP contribution in [0.2, 0.25) is 0 Å². The number of carboxylic acids is 1. The minimum atomic E-state index is -0.968. The summed E-state index contributed by atoms with van der Waals surface area (Å²) in [5, 5.41) is 13.0. The summed E-state index contributed by atoms with van der Waals surface area (Å²) in [5.41, 5.74) is 4.57. The van der Waals surface area contributed by atoms with E-state index in [4.69, 9.17) is 15.3 Å². The van der Waals surface area contributed by atoms with Crippen molar-refractivity contribution in [2.45, 2.75) is 0 Å². The molecule has 0 aliphatic heterocycles. The zero-order valence-corrected chi connectivity index (χ0v) is 4.05. The van der Waals surface area contributed by atoms with Crippen LogP contribution < -0.4 is 5.73 Å². The second kappa shape index (κ2) is 9.26. The summed E-state index contributed by atoms with van der Waals surface area (Å²) in [5.74, 6) is -0.968. The molecule has 0 aliphatic carbocycles. The Hall–Kier alpha value is -1.19. The number of aliphatic carboxylic acids is 1. The minimum Gasteiger partial charge on any atom is -0.480 e. The van der Waals surface area contributed by atoms with Crippen LogP contribution in [-0.2, 0) is 9.59 Å². The number of carbonyl (C=O) groups is 1. The number of carbonyl (C=O) groups excluding carboxylic acids is 1. The van der Waals surface area contributed by atoms with Crippen molar-refractivity contribution >= 4 is 12.0 Å². The van der Waals surface area contributed by atoms with Crippen molar-refractivity contribution in [3.05, 3.63) is 0 Å². The Bertz CT molecular complexity index is 94.7. The van der Waals surface area contributed by atoms with Gasteiger partial charge in [0.25, 0.3) is 0 Å². The lowest BCUT2D eigenvalue weighted by atomic mass is 10.7. The Kier molecular flexibility index (Phi) is 11.5. The SMILES string of the molecule is N=C=O.NCC(=O)O. The number of nitrogens with two attached hydrogens (primary N) is 1. The summed E-state index contributed by atoms with van der Waals surface area (Å²) in [6, 6.07) is 0. The molecule has 0 aliphatic rings. The van der Waals surface area contributed by atoms with Crippen molar-refractivity contribution in [1.82, 2.24) is 0 Å². The highest BCUT2D eigenvalue weighted by atomic mass is 16.4. The Morgan fingerprint density at radius 2 is 2.00 bits per heavy atom. The van der Waals surface area contributed by atoms with Crippen molar-refractivity contribution in [3.63, 3.8) is 0 Å². The lowest BCUT2D eigenvalue weighted by Crippen LogP contribution is -2.10. The van der Waals surface area contributed by atoms with Gasteiger partial charge in [-0.1, -0.05) is 0 Å². The predicted molar refractivity (Wildman–Crippen MR) is 25.1 cm³/mol. The van der Waals surface area contributed by atoms with Crippen LogP contribution in [0.1, 0.15) is 0 Å². The van der Waals surface area contributed by atoms with E-state index >= 15 is 0 Å². The molecule has 0 radical (unpaired) electrons. The quantitative estimate of drug-likeness (QED) is 0.301. The fourth-order valence-corrected chi connectivity index (χ4v) is 0. The predicted octanol–water partition coefficient (Wildman–Crippen LogP) is -1.07. The van der Waals surface area contributed by atoms with Gasteiger partial charge >= 0.3 is 5.97 Å². The van der Waals surface area contributed by atoms with E-state index in [1.807, 2.05) is 0 Å². The first kappa shape index (κ1) is 9.94. The maximum atomic E-state index is 9.24. The highest BCUT2D eigenvalue weighted by Gasteiger charge is 1.81. The summed E-state index contributed by atoms with van der Waals surface area (Å²) >= 11 is 0. The van der Waals surface area contributed by atoms with E-state index in [-0.39, 0.29) is 6.54 Å². The Labute approximate surface area is 45.6 Å². The molecule has 0 heterocycles. The molecule has 0 rings (SSSR count). The maximum absolute atomic E-state index is 9.24. The molecular formula is C3H6N2O3. The third kappa shape index (κ3) is 106. The van der Waals surface area contributed by atoms with E-state index in [1.165, 1.54) is 0 Å². The van der Waals surface area contributed by atoms with Gasteiger partial charge in [0.1, 0.15) is 0 Å². The molecule has 0 aromatic carbocycles. The van der Waals surface area contributed by atoms with E-state index in [2.05, 4.69) is 5.73 Å². The third-order valence-electron chi connectivity index (χ3n) is 0.175. The molecule has 0 atom stereocenters. The highest BCUT2D eigenvalue weighted by molar-refractivity contribution is 5.68. The van der Waals surface area contributed by atoms with Gasteiger partial charge in [0, 0.05) is 0 Å². The van der Waals surface area contributed by atoms with Crippen molar-refractivity contribution < 1.29 is 14.7 Å². The van der Waals surface area contributed by atoms with Gasteiger partial charge in [0.15, 0.2) is 0 Å². The normalized spacial score (nSPS) is 5.62. The zero-order chi connectivity index (χ0) is 6.99. The van der Waals surface area contributed by atoms with Crippen LogP contribution in [0.3, 0.4) is 0 Å². The molecule has 8 heavy (non-hydrogen) atoms. The molecule has 0 bridgehead atoms. The average Bonchev–Trinajstić information content (AvgIpc) is 1.69. The number of hydrogen-bond acceptors (Lipinski definition) is 4. The number of carboxylic acid groups (broad SMARTS) is 1. The smallest absolute Gasteiger partial charge is 0.317 e. The second-order valence-electron chi connectivity index (χ2n) is 0.700. The Morgan fingerprint density at radius 3 is 2.00 bits per heavy atom. The van der Waals surface area contributed by atoms with Crippen LogP contribution in [0, 0.1) is 5.41 Å². The van der Waals surface area contributed by atoms with Gasteiger partial charge in [-0.3, -0.25) is 4.79 Å². The van der Waals surface area contributed by atoms with Crippen LogP contribution in [0.15, 0.2) is 0 Å². The fourth-order valence-electron chi connectivity index (χ4n) is 0. The van der Waals surface area contributed by atoms with E-state index in [0.717, 1.165) is 6.08 Å². The van der Waals surface area contributed by atoms with E-state index in [1.54, 1.807) is 0 Å². The van der Waals surface area contributed by atoms with Crippen LogP contribution in [0.25, 0.3) is 0 Å². The molecule has 0 fully saturated rings. The average molecular weight is 118 g/mol. The fraction of sp³-hybridized carbons (Fsp3) is 0.333. The molecule has 0 amide bonds. The zero-order valence-electron chi connectivity index (χ0n) is 4.05. The van der Waals surface area contributed by atoms with Crippen LogP contribution in [0.4, 0.5) is 0 Å². The first-order valence-corrected chi connectivity index (χ1v) is 1.64. The van der Waals surface area contributed by atoms with Gasteiger partial charge in [0.05, 0.1) is 6.54 Å². The summed E-state index contributed by atoms with van der Waals surface area (Å²) in [6.07, 6.45) is 0.750. The van der Waals surface area contributed by atoms with Crippen molar-refractivity contribution in [2.75, 3.05) is 6.54 Å². The molecular weight excluding hydrogens is 112 g/mol. The Morgan fingerprint density at radius 1 is 1.88 bits per heavy atom. The van der Waals surface area contributed by atoms with Gasteiger partial charge in [-0.25, -0.2) is 10.2 Å². The highest BCUT2D eigenvalue weighted by Crippen LogP contribution is 1.43. The molecule has 5 nitrogen and oxygen atoms in total. The summed E-state index contributed by atoms with van der Waals surface area (Å²) in [4.78, 5) is 17.6. The molecule has 0 saturated carbocycles. The number of nitrogens with one attached hydrogen (secondary N) is 1. The number of hydrogen-bond donors (Lipinski definition) is 3. The summed E-state index contributed by atoms with van der Waals surface area (Å²) < 4.78 is 0. The lowest BCUT2D eigenvalue weighted by molar-refractivity contribution is -0.135. The topological polar surface area (TPSA) is 104 Å². The standard InChI is InChI=1S/C2H5NO2.CHNO/c3-1-2(4)5;2-1-3/h1,3H2,(H,4,5);2H. The van der Waals surface area contributed by atoms with E-state index in [9.17, 15) is 4.79 Å². The molecule has 0 aromatic heterocycles. The maximum Gasteiger partial charge on any atom is 0.317 e. The first-order chi connectivity index (χ1) is 3.68. The lowest BCUT2D eigenvalue weighted by Gasteiger charge is -1.73. The molecule has 0 aromatic rings. The van der Waals surface area contributed by atoms with Crippen molar-refractivity contribution in [2.24, 2.45) is 5.73 Å². The Balaban J connectivity index is 0. The van der Waals surface area contributed by atoms with Crippen LogP contribution in [-0.4, -0.2) is 23.7 Å². The number of rotatable bonds is 1. The van der Waals surface area contributed by atoms with Crippen molar-refractivity contribution in [1.29, 1.82) is 5.41 Å². The van der Waals surface area contributed by atoms with Gasteiger partial charge in [-0.15, -0.1) is 0 Å². The molecule has 0 unspecified atom stereocenters.